The van der Waals surface area contributed by atoms with E-state index in [9.17, 15) is 9.59 Å². The fourth-order valence-electron chi connectivity index (χ4n) is 2.16. The van der Waals surface area contributed by atoms with Gasteiger partial charge in [-0.15, -0.1) is 0 Å². The van der Waals surface area contributed by atoms with Crippen LogP contribution in [0.25, 0.3) is 11.2 Å². The molecule has 0 N–H and O–H groups in total. The Morgan fingerprint density at radius 3 is 2.71 bits per heavy atom. The Labute approximate surface area is 144 Å². The van der Waals surface area contributed by atoms with Crippen LogP contribution in [-0.2, 0) is 24.7 Å². The monoisotopic (exact) mass is 488 g/mol. The number of imidazole rings is 1. The van der Waals surface area contributed by atoms with Crippen LogP contribution in [0.1, 0.15) is 13.3 Å². The lowest BCUT2D eigenvalue weighted by Gasteiger charge is -2.09. The minimum Gasteiger partial charge on any atom is -0.352 e. The smallest absolute Gasteiger partial charge is 0.332 e. The van der Waals surface area contributed by atoms with Gasteiger partial charge < -0.3 is 9.09 Å². The third-order valence-corrected chi connectivity index (χ3v) is 5.04. The van der Waals surface area contributed by atoms with Crippen molar-refractivity contribution in [2.45, 2.75) is 26.4 Å². The highest BCUT2D eigenvalue weighted by Gasteiger charge is 2.18. The summed E-state index contributed by atoms with van der Waals surface area (Å²) >= 11 is 5.47. The van der Waals surface area contributed by atoms with E-state index in [-0.39, 0.29) is 11.2 Å². The molecule has 2 rings (SSSR count). The maximum absolute atomic E-state index is 12.6. The SMILES string of the molecule is CCn1c(Br)nc2c1c(=O)n(CCCOPI)c(=O)n2C. The number of aryl methyl sites for hydroxylation is 2. The molecule has 0 amide bonds. The first kappa shape index (κ1) is 17.1. The van der Waals surface area contributed by atoms with Gasteiger partial charge in [0.2, 0.25) is 0 Å². The van der Waals surface area contributed by atoms with Crippen molar-refractivity contribution in [2.75, 3.05) is 6.61 Å². The molecule has 0 aliphatic heterocycles. The van der Waals surface area contributed by atoms with Gasteiger partial charge in [-0.1, -0.05) is 0 Å². The minimum absolute atomic E-state index is 0.301. The van der Waals surface area contributed by atoms with Crippen molar-refractivity contribution in [1.82, 2.24) is 18.7 Å². The molecule has 0 bridgehead atoms. The van der Waals surface area contributed by atoms with E-state index >= 15 is 0 Å². The highest BCUT2D eigenvalue weighted by molar-refractivity contribution is 14.2. The van der Waals surface area contributed by atoms with E-state index in [2.05, 4.69) is 43.0 Å². The van der Waals surface area contributed by atoms with Crippen LogP contribution in [0.15, 0.2) is 14.3 Å². The maximum atomic E-state index is 12.6. The first-order valence-electron chi connectivity index (χ1n) is 6.35. The fourth-order valence-corrected chi connectivity index (χ4v) is 3.64. The number of fused-ring (bicyclic) bond motifs is 1. The summed E-state index contributed by atoms with van der Waals surface area (Å²) in [5, 5.41) is 0. The van der Waals surface area contributed by atoms with Gasteiger partial charge in [0, 0.05) is 20.1 Å². The lowest BCUT2D eigenvalue weighted by atomic mass is 10.4. The Bertz CT molecular complexity index is 769. The van der Waals surface area contributed by atoms with Crippen molar-refractivity contribution in [3.8, 4) is 0 Å². The Kier molecular flexibility index (Phi) is 5.98. The largest absolute Gasteiger partial charge is 0.352 e. The van der Waals surface area contributed by atoms with Gasteiger partial charge >= 0.3 is 5.69 Å². The molecule has 7 nitrogen and oxygen atoms in total. The van der Waals surface area contributed by atoms with Crippen molar-refractivity contribution < 1.29 is 4.52 Å². The summed E-state index contributed by atoms with van der Waals surface area (Å²) in [7, 11) is 1.63. The zero-order chi connectivity index (χ0) is 15.6. The van der Waals surface area contributed by atoms with Gasteiger partial charge in [-0.05, 0) is 51.3 Å². The standard InChI is InChI=1S/C11H15BrIN4O3P/c1-3-16-7-8(14-10(16)12)15(2)11(19)17(9(7)18)5-4-6-20-21-13/h21H,3-6H2,1-2H3. The van der Waals surface area contributed by atoms with Gasteiger partial charge in [0.15, 0.2) is 15.9 Å². The van der Waals surface area contributed by atoms with Crippen LogP contribution in [0, 0.1) is 0 Å². The molecule has 1 atom stereocenters. The Morgan fingerprint density at radius 1 is 1.38 bits per heavy atom. The predicted molar refractivity (Wildman–Crippen MR) is 95.5 cm³/mol. The van der Waals surface area contributed by atoms with Crippen LogP contribution in [0.4, 0.5) is 0 Å². The van der Waals surface area contributed by atoms with E-state index in [0.29, 0.717) is 48.5 Å². The van der Waals surface area contributed by atoms with Gasteiger partial charge in [-0.25, -0.2) is 9.78 Å². The predicted octanol–water partition coefficient (Wildman–Crippen LogP) is 2.03. The van der Waals surface area contributed by atoms with Gasteiger partial charge in [-0.3, -0.25) is 13.9 Å². The summed E-state index contributed by atoms with van der Waals surface area (Å²) < 4.78 is 10.2. The zero-order valence-electron chi connectivity index (χ0n) is 11.6. The molecule has 1 unspecified atom stereocenters. The number of hydrogen-bond acceptors (Lipinski definition) is 4. The summed E-state index contributed by atoms with van der Waals surface area (Å²) in [4.78, 5) is 29.1. The van der Waals surface area contributed by atoms with Crippen LogP contribution < -0.4 is 11.2 Å². The quantitative estimate of drug-likeness (QED) is 0.270. The molecular weight excluding hydrogens is 474 g/mol. The molecule has 2 aromatic rings. The van der Waals surface area contributed by atoms with Gasteiger partial charge in [0.05, 0.1) is 13.1 Å². The average Bonchev–Trinajstić information content (AvgIpc) is 2.81. The molecule has 10 heteroatoms. The van der Waals surface area contributed by atoms with Crippen molar-refractivity contribution in [2.24, 2.45) is 7.05 Å². The van der Waals surface area contributed by atoms with E-state index in [1.165, 1.54) is 9.13 Å². The fraction of sp³-hybridized carbons (Fsp3) is 0.545. The number of rotatable bonds is 6. The highest BCUT2D eigenvalue weighted by Crippen LogP contribution is 2.21. The second-order valence-corrected chi connectivity index (χ2v) is 6.85. The molecule has 0 spiro atoms. The van der Waals surface area contributed by atoms with Crippen molar-refractivity contribution >= 4 is 55.6 Å². The molecule has 0 radical (unpaired) electrons. The van der Waals surface area contributed by atoms with Crippen LogP contribution >= 0.6 is 44.4 Å². The number of nitrogens with zero attached hydrogens (tertiary/aromatic N) is 4. The molecule has 0 fully saturated rings. The molecule has 0 aliphatic carbocycles. The zero-order valence-corrected chi connectivity index (χ0v) is 16.3. The third kappa shape index (κ3) is 3.25. The second-order valence-electron chi connectivity index (χ2n) is 4.37. The molecular formula is C11H15BrIN4O3P. The lowest BCUT2D eigenvalue weighted by Crippen LogP contribution is -2.39. The Hall–Kier alpha value is -0.250. The topological polar surface area (TPSA) is 71.1 Å². The molecule has 0 saturated heterocycles. The van der Waals surface area contributed by atoms with E-state index < -0.39 is 0 Å². The van der Waals surface area contributed by atoms with Crippen LogP contribution in [0.3, 0.4) is 0 Å². The van der Waals surface area contributed by atoms with E-state index in [1.807, 2.05) is 6.92 Å². The summed E-state index contributed by atoms with van der Waals surface area (Å²) in [6.45, 7) is 3.79. The van der Waals surface area contributed by atoms with Crippen molar-refractivity contribution in [3.05, 3.63) is 25.6 Å². The van der Waals surface area contributed by atoms with Crippen LogP contribution in [0.5, 0.6) is 0 Å². The van der Waals surface area contributed by atoms with Gasteiger partial charge in [-0.2, -0.15) is 0 Å². The molecule has 116 valence electrons. The lowest BCUT2D eigenvalue weighted by molar-refractivity contribution is 0.344. The van der Waals surface area contributed by atoms with Crippen molar-refractivity contribution in [3.63, 3.8) is 0 Å². The third-order valence-electron chi connectivity index (χ3n) is 3.18. The number of halogens is 2. The summed E-state index contributed by atoms with van der Waals surface area (Å²) in [6.07, 6.45) is 0.623. The summed E-state index contributed by atoms with van der Waals surface area (Å²) in [5.41, 5.74) is 0.200. The van der Waals surface area contributed by atoms with Gasteiger partial charge in [0.25, 0.3) is 5.56 Å². The van der Waals surface area contributed by atoms with E-state index in [4.69, 9.17) is 4.52 Å². The van der Waals surface area contributed by atoms with Gasteiger partial charge in [0.1, 0.15) is 0 Å². The Balaban J connectivity index is 2.56. The average molecular weight is 489 g/mol. The minimum atomic E-state index is -0.349. The summed E-state index contributed by atoms with van der Waals surface area (Å²) in [6, 6.07) is 0. The molecule has 2 aromatic heterocycles. The first-order valence-corrected chi connectivity index (χ1v) is 11.2. The maximum Gasteiger partial charge on any atom is 0.332 e. The van der Waals surface area contributed by atoms with Crippen molar-refractivity contribution in [1.29, 1.82) is 0 Å². The van der Waals surface area contributed by atoms with E-state index in [0.717, 1.165) is 0 Å². The molecule has 0 aliphatic rings. The van der Waals surface area contributed by atoms with E-state index in [1.54, 1.807) is 11.6 Å². The molecule has 0 saturated carbocycles. The number of hydrogen-bond donors (Lipinski definition) is 0. The molecule has 2 heterocycles. The summed E-state index contributed by atoms with van der Waals surface area (Å²) in [5.74, 6) is 0. The highest BCUT2D eigenvalue weighted by atomic mass is 127. The number of aromatic nitrogens is 4. The van der Waals surface area contributed by atoms with Crippen LogP contribution in [-0.4, -0.2) is 25.3 Å². The Morgan fingerprint density at radius 2 is 2.10 bits per heavy atom. The van der Waals surface area contributed by atoms with Crippen LogP contribution in [0.2, 0.25) is 0 Å². The first-order chi connectivity index (χ1) is 10.0. The second kappa shape index (κ2) is 7.34. The molecule has 0 aromatic carbocycles. The molecule has 21 heavy (non-hydrogen) atoms. The normalized spacial score (nSPS) is 12.0.